The predicted octanol–water partition coefficient (Wildman–Crippen LogP) is 11.2. The molecule has 3 heterocycles. The van der Waals surface area contributed by atoms with Crippen LogP contribution >= 0.6 is 22.7 Å². The highest BCUT2D eigenvalue weighted by atomic mass is 32.1. The Morgan fingerprint density at radius 3 is 2.25 bits per heavy atom. The van der Waals surface area contributed by atoms with Crippen LogP contribution in [0.3, 0.4) is 0 Å². The maximum absolute atomic E-state index is 5.26. The molecule has 10 rings (SSSR count). The number of aliphatic imine (C=N–C) groups is 1. The fourth-order valence-corrected chi connectivity index (χ4v) is 9.58. The molecule has 2 aliphatic rings. The van der Waals surface area contributed by atoms with E-state index in [9.17, 15) is 0 Å². The number of hydrogen-bond acceptors (Lipinski definition) is 5. The van der Waals surface area contributed by atoms with Crippen molar-refractivity contribution in [2.24, 2.45) is 4.99 Å². The van der Waals surface area contributed by atoms with Crippen LogP contribution in [0.25, 0.3) is 57.8 Å². The molecule has 5 heteroatoms. The SMILES string of the molecule is C1=C(c2ccccc2)N=C(c2ccc3c(c2)CCc2ccc4sc(-c5ccccc5)nc4c2-3)NC1c1cccc2c1sc1ccccc12. The van der Waals surface area contributed by atoms with Crippen LogP contribution in [0.15, 0.2) is 145 Å². The normalized spacial score (nSPS) is 15.5. The Labute approximate surface area is 286 Å². The van der Waals surface area contributed by atoms with Gasteiger partial charge in [0.25, 0.3) is 0 Å². The molecule has 0 amide bonds. The zero-order valence-corrected chi connectivity index (χ0v) is 27.6. The van der Waals surface area contributed by atoms with Gasteiger partial charge in [0.15, 0.2) is 0 Å². The summed E-state index contributed by atoms with van der Waals surface area (Å²) in [5.74, 6) is 0.909. The van der Waals surface area contributed by atoms with Crippen molar-refractivity contribution in [1.82, 2.24) is 10.3 Å². The van der Waals surface area contributed by atoms with E-state index in [4.69, 9.17) is 9.98 Å². The molecular weight excluding hydrogens is 623 g/mol. The Bertz CT molecular complexity index is 2590. The van der Waals surface area contributed by atoms with Crippen LogP contribution in [-0.4, -0.2) is 10.8 Å². The highest BCUT2D eigenvalue weighted by molar-refractivity contribution is 7.26. The first-order valence-electron chi connectivity index (χ1n) is 16.4. The van der Waals surface area contributed by atoms with Crippen molar-refractivity contribution >= 4 is 64.6 Å². The number of nitrogens with one attached hydrogen (secondary N) is 1. The number of nitrogens with zero attached hydrogens (tertiary/aromatic N) is 2. The Hall–Kier alpha value is -5.36. The number of thiophene rings is 1. The van der Waals surface area contributed by atoms with E-state index in [1.54, 1.807) is 11.3 Å². The van der Waals surface area contributed by atoms with E-state index in [1.165, 1.54) is 58.3 Å². The number of aromatic nitrogens is 1. The standard InChI is InChI=1S/C43H29N3S2/c1-3-10-26(11-4-1)35-25-36(34-16-9-15-33-32-14-7-8-17-37(32)47-41(33)34)45-42(44-35)30-20-22-31-29(24-30)19-18-27-21-23-38-40(39(27)31)46-43(48-38)28-12-5-2-6-13-28/h1-17,20-25,36H,18-19H2,(H,44,45). The first kappa shape index (κ1) is 27.7. The van der Waals surface area contributed by atoms with Gasteiger partial charge in [-0.1, -0.05) is 115 Å². The van der Waals surface area contributed by atoms with E-state index in [1.807, 2.05) is 11.3 Å². The van der Waals surface area contributed by atoms with E-state index in [2.05, 4.69) is 145 Å². The lowest BCUT2D eigenvalue weighted by Crippen LogP contribution is -2.31. The van der Waals surface area contributed by atoms with Crippen molar-refractivity contribution in [3.63, 3.8) is 0 Å². The third-order valence-corrected chi connectivity index (χ3v) is 12.0. The van der Waals surface area contributed by atoms with Gasteiger partial charge in [-0.25, -0.2) is 9.98 Å². The van der Waals surface area contributed by atoms with E-state index in [-0.39, 0.29) is 6.04 Å². The third kappa shape index (κ3) is 4.54. The zero-order chi connectivity index (χ0) is 31.6. The van der Waals surface area contributed by atoms with Crippen molar-refractivity contribution in [2.75, 3.05) is 0 Å². The molecule has 3 nitrogen and oxygen atoms in total. The van der Waals surface area contributed by atoms with Crippen molar-refractivity contribution in [2.45, 2.75) is 18.9 Å². The summed E-state index contributed by atoms with van der Waals surface area (Å²) in [7, 11) is 0. The van der Waals surface area contributed by atoms with Crippen LogP contribution in [-0.2, 0) is 12.8 Å². The summed E-state index contributed by atoms with van der Waals surface area (Å²) in [6.45, 7) is 0. The molecule has 228 valence electrons. The minimum Gasteiger partial charge on any atom is -0.359 e. The Balaban J connectivity index is 1.08. The molecule has 1 aliphatic carbocycles. The molecule has 48 heavy (non-hydrogen) atoms. The molecular formula is C43H29N3S2. The first-order chi connectivity index (χ1) is 23.8. The second-order valence-corrected chi connectivity index (χ2v) is 14.6. The second-order valence-electron chi connectivity index (χ2n) is 12.5. The minimum absolute atomic E-state index is 0.0211. The van der Waals surface area contributed by atoms with E-state index >= 15 is 0 Å². The molecule has 1 N–H and O–H groups in total. The van der Waals surface area contributed by atoms with Gasteiger partial charge >= 0.3 is 0 Å². The van der Waals surface area contributed by atoms with Gasteiger partial charge < -0.3 is 5.32 Å². The topological polar surface area (TPSA) is 37.3 Å². The average Bonchev–Trinajstić information content (AvgIpc) is 3.77. The summed E-state index contributed by atoms with van der Waals surface area (Å²) in [6, 6.07) is 48.0. The maximum Gasteiger partial charge on any atom is 0.134 e. The van der Waals surface area contributed by atoms with Crippen LogP contribution < -0.4 is 5.32 Å². The molecule has 6 aromatic carbocycles. The van der Waals surface area contributed by atoms with Gasteiger partial charge in [-0.3, -0.25) is 0 Å². The summed E-state index contributed by atoms with van der Waals surface area (Å²) in [6.07, 6.45) is 4.29. The number of hydrogen-bond donors (Lipinski definition) is 1. The Morgan fingerprint density at radius 2 is 1.38 bits per heavy atom. The lowest BCUT2D eigenvalue weighted by atomic mass is 9.84. The van der Waals surface area contributed by atoms with Gasteiger partial charge in [0, 0.05) is 36.9 Å². The molecule has 1 aliphatic heterocycles. The fourth-order valence-electron chi connectivity index (χ4n) is 7.35. The van der Waals surface area contributed by atoms with Crippen LogP contribution in [0.2, 0.25) is 0 Å². The largest absolute Gasteiger partial charge is 0.359 e. The third-order valence-electron chi connectivity index (χ3n) is 9.67. The highest BCUT2D eigenvalue weighted by Gasteiger charge is 2.25. The first-order valence-corrected chi connectivity index (χ1v) is 18.0. The summed E-state index contributed by atoms with van der Waals surface area (Å²) in [5.41, 5.74) is 12.1. The smallest absolute Gasteiger partial charge is 0.134 e. The number of fused-ring (bicyclic) bond motifs is 8. The van der Waals surface area contributed by atoms with Crippen molar-refractivity contribution in [3.05, 3.63) is 167 Å². The Kier molecular flexibility index (Phi) is 6.42. The number of aryl methyl sites for hydroxylation is 2. The maximum atomic E-state index is 5.26. The number of rotatable bonds is 4. The monoisotopic (exact) mass is 651 g/mol. The van der Waals surface area contributed by atoms with E-state index < -0.39 is 0 Å². The number of thiazole rings is 1. The minimum atomic E-state index is -0.0211. The van der Waals surface area contributed by atoms with Gasteiger partial charge in [0.1, 0.15) is 10.8 Å². The molecule has 2 aromatic heterocycles. The van der Waals surface area contributed by atoms with Crippen LogP contribution in [0, 0.1) is 0 Å². The van der Waals surface area contributed by atoms with Gasteiger partial charge in [-0.05, 0) is 64.9 Å². The van der Waals surface area contributed by atoms with Crippen molar-refractivity contribution in [3.8, 4) is 21.7 Å². The van der Waals surface area contributed by atoms with Crippen LogP contribution in [0.5, 0.6) is 0 Å². The van der Waals surface area contributed by atoms with E-state index in [0.29, 0.717) is 0 Å². The molecule has 0 spiro atoms. The van der Waals surface area contributed by atoms with E-state index in [0.717, 1.165) is 46.0 Å². The second kappa shape index (κ2) is 11.1. The van der Waals surface area contributed by atoms with Crippen LogP contribution in [0.1, 0.15) is 33.9 Å². The molecule has 0 fully saturated rings. The Morgan fingerprint density at radius 1 is 0.604 bits per heavy atom. The lowest BCUT2D eigenvalue weighted by Gasteiger charge is -2.26. The molecule has 1 unspecified atom stereocenters. The predicted molar refractivity (Wildman–Crippen MR) is 204 cm³/mol. The summed E-state index contributed by atoms with van der Waals surface area (Å²) in [4.78, 5) is 10.5. The van der Waals surface area contributed by atoms with Gasteiger partial charge in [0.05, 0.1) is 22.0 Å². The molecule has 8 aromatic rings. The van der Waals surface area contributed by atoms with Crippen molar-refractivity contribution < 1.29 is 0 Å². The number of benzene rings is 6. The highest BCUT2D eigenvalue weighted by Crippen LogP contribution is 2.43. The van der Waals surface area contributed by atoms with Gasteiger partial charge in [0.2, 0.25) is 0 Å². The zero-order valence-electron chi connectivity index (χ0n) is 26.0. The summed E-state index contributed by atoms with van der Waals surface area (Å²) in [5, 5.41) is 7.57. The quantitative estimate of drug-likeness (QED) is 0.206. The molecule has 0 bridgehead atoms. The molecule has 0 saturated carbocycles. The van der Waals surface area contributed by atoms with Crippen molar-refractivity contribution in [1.29, 1.82) is 0 Å². The summed E-state index contributed by atoms with van der Waals surface area (Å²) < 4.78 is 3.88. The molecule has 0 radical (unpaired) electrons. The molecule has 1 atom stereocenters. The lowest BCUT2D eigenvalue weighted by molar-refractivity contribution is 0.788. The van der Waals surface area contributed by atoms with Gasteiger partial charge in [-0.2, -0.15) is 0 Å². The molecule has 0 saturated heterocycles. The number of amidine groups is 1. The summed E-state index contributed by atoms with van der Waals surface area (Å²) >= 11 is 3.65. The van der Waals surface area contributed by atoms with Crippen LogP contribution in [0.4, 0.5) is 0 Å². The van der Waals surface area contributed by atoms with Gasteiger partial charge in [-0.15, -0.1) is 22.7 Å². The average molecular weight is 652 g/mol. The fraction of sp³-hybridized carbons (Fsp3) is 0.0698.